The minimum atomic E-state index is -0.441. The molecular formula is C16H16N4O2. The van der Waals surface area contributed by atoms with E-state index in [2.05, 4.69) is 20.5 Å². The van der Waals surface area contributed by atoms with E-state index in [4.69, 9.17) is 4.42 Å². The van der Waals surface area contributed by atoms with Crippen LogP contribution in [0.3, 0.4) is 0 Å². The monoisotopic (exact) mass is 296 g/mol. The van der Waals surface area contributed by atoms with Crippen molar-refractivity contribution in [1.82, 2.24) is 20.5 Å². The molecule has 1 amide bonds. The van der Waals surface area contributed by atoms with Crippen LogP contribution in [-0.4, -0.2) is 21.1 Å². The first-order chi connectivity index (χ1) is 10.6. The summed E-state index contributed by atoms with van der Waals surface area (Å²) in [6.07, 6.45) is 0. The van der Waals surface area contributed by atoms with Gasteiger partial charge >= 0.3 is 0 Å². The molecule has 0 aliphatic carbocycles. The molecule has 0 aliphatic rings. The van der Waals surface area contributed by atoms with Crippen LogP contribution in [0.2, 0.25) is 0 Å². The molecule has 0 radical (unpaired) electrons. The zero-order chi connectivity index (χ0) is 15.5. The highest BCUT2D eigenvalue weighted by molar-refractivity contribution is 5.92. The molecule has 0 bridgehead atoms. The average molecular weight is 296 g/mol. The van der Waals surface area contributed by atoms with Gasteiger partial charge in [-0.15, -0.1) is 0 Å². The summed E-state index contributed by atoms with van der Waals surface area (Å²) in [6, 6.07) is 12.5. The van der Waals surface area contributed by atoms with Gasteiger partial charge in [-0.1, -0.05) is 30.3 Å². The van der Waals surface area contributed by atoms with Crippen LogP contribution in [0.4, 0.5) is 0 Å². The number of aromatic nitrogens is 3. The van der Waals surface area contributed by atoms with Crippen LogP contribution in [-0.2, 0) is 0 Å². The van der Waals surface area contributed by atoms with Crippen molar-refractivity contribution in [3.8, 4) is 0 Å². The Hall–Kier alpha value is -2.89. The fraction of sp³-hybridized carbons (Fsp3) is 0.188. The van der Waals surface area contributed by atoms with Gasteiger partial charge in [0, 0.05) is 0 Å². The third-order valence-corrected chi connectivity index (χ3v) is 3.25. The van der Waals surface area contributed by atoms with Gasteiger partial charge in [-0.25, -0.2) is 4.98 Å². The summed E-state index contributed by atoms with van der Waals surface area (Å²) < 4.78 is 5.36. The number of aryl methyl sites for hydroxylation is 2. The van der Waals surface area contributed by atoms with Crippen molar-refractivity contribution < 1.29 is 9.21 Å². The maximum Gasteiger partial charge on any atom is 0.287 e. The Kier molecular flexibility index (Phi) is 3.74. The number of aromatic amines is 1. The number of nitrogens with one attached hydrogen (secondary N) is 2. The Bertz CT molecular complexity index is 776. The minimum Gasteiger partial charge on any atom is -0.456 e. The minimum absolute atomic E-state index is 0.269. The van der Waals surface area contributed by atoms with Crippen molar-refractivity contribution in [2.24, 2.45) is 0 Å². The molecule has 0 unspecified atom stereocenters. The van der Waals surface area contributed by atoms with Crippen LogP contribution in [0.25, 0.3) is 0 Å². The van der Waals surface area contributed by atoms with Crippen molar-refractivity contribution in [2.75, 3.05) is 0 Å². The lowest BCUT2D eigenvalue weighted by Gasteiger charge is -2.15. The summed E-state index contributed by atoms with van der Waals surface area (Å²) in [5.74, 6) is 1.87. The Morgan fingerprint density at radius 2 is 1.95 bits per heavy atom. The second-order valence-corrected chi connectivity index (χ2v) is 5.01. The van der Waals surface area contributed by atoms with E-state index in [-0.39, 0.29) is 11.7 Å². The predicted octanol–water partition coefficient (Wildman–Crippen LogP) is 2.53. The molecule has 6 nitrogen and oxygen atoms in total. The zero-order valence-electron chi connectivity index (χ0n) is 12.3. The molecule has 3 rings (SSSR count). The first-order valence-corrected chi connectivity index (χ1v) is 6.94. The topological polar surface area (TPSA) is 83.8 Å². The third-order valence-electron chi connectivity index (χ3n) is 3.25. The summed E-state index contributed by atoms with van der Waals surface area (Å²) in [6.45, 7) is 3.61. The van der Waals surface area contributed by atoms with E-state index >= 15 is 0 Å². The van der Waals surface area contributed by atoms with E-state index < -0.39 is 6.04 Å². The number of carbonyl (C=O) groups is 1. The van der Waals surface area contributed by atoms with E-state index in [9.17, 15) is 4.79 Å². The molecule has 3 aromatic rings. The van der Waals surface area contributed by atoms with Gasteiger partial charge in [-0.2, -0.15) is 5.10 Å². The number of nitrogens with zero attached hydrogens (tertiary/aromatic N) is 2. The molecule has 0 fully saturated rings. The maximum atomic E-state index is 12.4. The van der Waals surface area contributed by atoms with Crippen molar-refractivity contribution in [3.05, 3.63) is 71.2 Å². The molecule has 22 heavy (non-hydrogen) atoms. The first kappa shape index (κ1) is 14.1. The average Bonchev–Trinajstić information content (AvgIpc) is 3.14. The molecule has 6 heteroatoms. The second kappa shape index (κ2) is 5.85. The molecule has 1 aromatic carbocycles. The lowest BCUT2D eigenvalue weighted by Crippen LogP contribution is -2.29. The highest BCUT2D eigenvalue weighted by atomic mass is 16.3. The highest BCUT2D eigenvalue weighted by Crippen LogP contribution is 2.20. The second-order valence-electron chi connectivity index (χ2n) is 5.01. The molecule has 112 valence electrons. The quantitative estimate of drug-likeness (QED) is 0.775. The van der Waals surface area contributed by atoms with Gasteiger partial charge in [0.15, 0.2) is 11.6 Å². The standard InChI is InChI=1S/C16H16N4O2/c1-10-8-9-13(22-10)16(21)18-14(12-6-4-3-5-7-12)15-17-11(2)19-20-15/h3-9,14H,1-2H3,(H,18,21)(H,17,19,20)/t14-/m0/s1. The van der Waals surface area contributed by atoms with Gasteiger partial charge in [-0.05, 0) is 31.5 Å². The number of hydrogen-bond acceptors (Lipinski definition) is 4. The fourth-order valence-electron chi connectivity index (χ4n) is 2.19. The summed E-state index contributed by atoms with van der Waals surface area (Å²) in [5, 5.41) is 9.88. The van der Waals surface area contributed by atoms with Crippen LogP contribution in [0.15, 0.2) is 46.9 Å². The Morgan fingerprint density at radius 3 is 2.55 bits per heavy atom. The Morgan fingerprint density at radius 1 is 1.18 bits per heavy atom. The predicted molar refractivity (Wildman–Crippen MR) is 80.3 cm³/mol. The van der Waals surface area contributed by atoms with Gasteiger partial charge in [0.25, 0.3) is 5.91 Å². The Labute approximate surface area is 127 Å². The molecule has 0 saturated heterocycles. The normalized spacial score (nSPS) is 12.1. The SMILES string of the molecule is Cc1nc([C@@H](NC(=O)c2ccc(C)o2)c2ccccc2)n[nH]1. The van der Waals surface area contributed by atoms with E-state index in [0.29, 0.717) is 17.4 Å². The molecule has 1 atom stereocenters. The summed E-state index contributed by atoms with van der Waals surface area (Å²) in [7, 11) is 0. The number of rotatable bonds is 4. The van der Waals surface area contributed by atoms with E-state index in [1.54, 1.807) is 19.1 Å². The number of amides is 1. The number of carbonyl (C=O) groups excluding carboxylic acids is 1. The van der Waals surface area contributed by atoms with Gasteiger partial charge in [0.05, 0.1) is 0 Å². The van der Waals surface area contributed by atoms with Crippen LogP contribution < -0.4 is 5.32 Å². The number of furan rings is 1. The molecule has 2 N–H and O–H groups in total. The van der Waals surface area contributed by atoms with Gasteiger partial charge in [-0.3, -0.25) is 9.89 Å². The summed E-state index contributed by atoms with van der Waals surface area (Å²) in [4.78, 5) is 16.7. The molecule has 2 aromatic heterocycles. The summed E-state index contributed by atoms with van der Waals surface area (Å²) >= 11 is 0. The largest absolute Gasteiger partial charge is 0.456 e. The third kappa shape index (κ3) is 2.90. The van der Waals surface area contributed by atoms with Crippen molar-refractivity contribution in [3.63, 3.8) is 0 Å². The van der Waals surface area contributed by atoms with Gasteiger partial charge < -0.3 is 9.73 Å². The van der Waals surface area contributed by atoms with Crippen molar-refractivity contribution >= 4 is 5.91 Å². The fourth-order valence-corrected chi connectivity index (χ4v) is 2.19. The van der Waals surface area contributed by atoms with Crippen molar-refractivity contribution in [1.29, 1.82) is 0 Å². The van der Waals surface area contributed by atoms with Crippen molar-refractivity contribution in [2.45, 2.75) is 19.9 Å². The zero-order valence-corrected chi connectivity index (χ0v) is 12.3. The van der Waals surface area contributed by atoms with Crippen LogP contribution in [0, 0.1) is 13.8 Å². The first-order valence-electron chi connectivity index (χ1n) is 6.94. The summed E-state index contributed by atoms with van der Waals surface area (Å²) in [5.41, 5.74) is 0.901. The molecule has 0 spiro atoms. The van der Waals surface area contributed by atoms with Crippen LogP contribution in [0.5, 0.6) is 0 Å². The Balaban J connectivity index is 1.91. The van der Waals surface area contributed by atoms with E-state index in [1.165, 1.54) is 0 Å². The maximum absolute atomic E-state index is 12.4. The van der Waals surface area contributed by atoms with Crippen LogP contribution in [0.1, 0.15) is 39.6 Å². The van der Waals surface area contributed by atoms with Gasteiger partial charge in [0.1, 0.15) is 17.6 Å². The number of benzene rings is 1. The number of H-pyrrole nitrogens is 1. The molecule has 0 aliphatic heterocycles. The highest BCUT2D eigenvalue weighted by Gasteiger charge is 2.22. The van der Waals surface area contributed by atoms with E-state index in [0.717, 1.165) is 5.56 Å². The van der Waals surface area contributed by atoms with E-state index in [1.807, 2.05) is 37.3 Å². The molecule has 2 heterocycles. The van der Waals surface area contributed by atoms with Gasteiger partial charge in [0.2, 0.25) is 0 Å². The molecule has 0 saturated carbocycles. The number of hydrogen-bond donors (Lipinski definition) is 2. The van der Waals surface area contributed by atoms with Crippen LogP contribution >= 0.6 is 0 Å². The molecular weight excluding hydrogens is 280 g/mol. The lowest BCUT2D eigenvalue weighted by molar-refractivity contribution is 0.0912. The smallest absolute Gasteiger partial charge is 0.287 e. The lowest BCUT2D eigenvalue weighted by atomic mass is 10.1.